The summed E-state index contributed by atoms with van der Waals surface area (Å²) in [6, 6.07) is 13.3. The lowest BCUT2D eigenvalue weighted by atomic mass is 9.90. The average molecular weight is 352 g/mol. The van der Waals surface area contributed by atoms with Gasteiger partial charge in [0.2, 0.25) is 0 Å². The molecule has 0 amide bonds. The third kappa shape index (κ3) is 2.78. The minimum Gasteiger partial charge on any atom is -0.327 e. The molecule has 4 heteroatoms. The smallest absolute Gasteiger partial charge is 0.126 e. The number of fused-ring (bicyclic) bond motifs is 1. The summed E-state index contributed by atoms with van der Waals surface area (Å²) in [6.07, 6.45) is 0.560. The van der Waals surface area contributed by atoms with Gasteiger partial charge in [0.15, 0.2) is 0 Å². The standard InChI is InChI=1S/C16H15BrFNS/c17-11-5-6-14(18)10(7-11)8-15(19)13-9-20-16-4-2-1-3-12(13)16/h1-7,13,15H,8-9,19H2. The normalized spacial score (nSPS) is 18.9. The zero-order valence-electron chi connectivity index (χ0n) is 10.9. The van der Waals surface area contributed by atoms with Crippen LogP contribution in [0.4, 0.5) is 4.39 Å². The fourth-order valence-corrected chi connectivity index (χ4v) is 4.39. The van der Waals surface area contributed by atoms with Crippen LogP contribution >= 0.6 is 27.7 Å². The first kappa shape index (κ1) is 14.1. The Bertz CT molecular complexity index is 632. The Morgan fingerprint density at radius 2 is 2.10 bits per heavy atom. The monoisotopic (exact) mass is 351 g/mol. The van der Waals surface area contributed by atoms with Gasteiger partial charge in [0.25, 0.3) is 0 Å². The topological polar surface area (TPSA) is 26.0 Å². The Labute approximate surface area is 130 Å². The fraction of sp³-hybridized carbons (Fsp3) is 0.250. The third-order valence-electron chi connectivity index (χ3n) is 3.72. The van der Waals surface area contributed by atoms with Gasteiger partial charge in [-0.3, -0.25) is 0 Å². The maximum absolute atomic E-state index is 13.8. The molecule has 0 aromatic heterocycles. The second kappa shape index (κ2) is 5.88. The molecule has 1 nitrogen and oxygen atoms in total. The predicted molar refractivity (Wildman–Crippen MR) is 85.7 cm³/mol. The van der Waals surface area contributed by atoms with Crippen LogP contribution in [0.5, 0.6) is 0 Å². The molecule has 1 heterocycles. The van der Waals surface area contributed by atoms with Gasteiger partial charge in [0.1, 0.15) is 5.82 Å². The Morgan fingerprint density at radius 3 is 2.95 bits per heavy atom. The summed E-state index contributed by atoms with van der Waals surface area (Å²) in [7, 11) is 0. The van der Waals surface area contributed by atoms with Crippen molar-refractivity contribution in [3.8, 4) is 0 Å². The van der Waals surface area contributed by atoms with E-state index in [1.54, 1.807) is 6.07 Å². The molecule has 0 radical (unpaired) electrons. The van der Waals surface area contributed by atoms with Gasteiger partial charge < -0.3 is 5.73 Å². The van der Waals surface area contributed by atoms with E-state index in [-0.39, 0.29) is 11.9 Å². The molecule has 104 valence electrons. The zero-order valence-corrected chi connectivity index (χ0v) is 13.3. The Kier molecular flexibility index (Phi) is 4.15. The highest BCUT2D eigenvalue weighted by Crippen LogP contribution is 2.41. The molecule has 2 N–H and O–H groups in total. The summed E-state index contributed by atoms with van der Waals surface area (Å²) in [5.41, 5.74) is 8.34. The third-order valence-corrected chi connectivity index (χ3v) is 5.42. The maximum atomic E-state index is 13.8. The lowest BCUT2D eigenvalue weighted by Gasteiger charge is -2.20. The first-order chi connectivity index (χ1) is 9.65. The van der Waals surface area contributed by atoms with Gasteiger partial charge in [-0.05, 0) is 41.8 Å². The summed E-state index contributed by atoms with van der Waals surface area (Å²) >= 11 is 5.22. The van der Waals surface area contributed by atoms with Gasteiger partial charge in [0, 0.05) is 27.1 Å². The highest BCUT2D eigenvalue weighted by Gasteiger charge is 2.28. The molecule has 0 saturated carbocycles. The number of rotatable bonds is 3. The number of nitrogens with two attached hydrogens (primary N) is 1. The SMILES string of the molecule is NC(Cc1cc(Br)ccc1F)C1CSc2ccccc21. The van der Waals surface area contributed by atoms with E-state index >= 15 is 0 Å². The van der Waals surface area contributed by atoms with Crippen molar-refractivity contribution in [1.29, 1.82) is 0 Å². The quantitative estimate of drug-likeness (QED) is 0.889. The van der Waals surface area contributed by atoms with Crippen molar-refractivity contribution in [2.45, 2.75) is 23.3 Å². The van der Waals surface area contributed by atoms with Crippen molar-refractivity contribution in [2.75, 3.05) is 5.75 Å². The van der Waals surface area contributed by atoms with E-state index < -0.39 is 0 Å². The van der Waals surface area contributed by atoms with Crippen molar-refractivity contribution >= 4 is 27.7 Å². The molecule has 3 rings (SSSR count). The van der Waals surface area contributed by atoms with Crippen LogP contribution in [0, 0.1) is 5.82 Å². The Balaban J connectivity index is 1.81. The number of hydrogen-bond donors (Lipinski definition) is 1. The van der Waals surface area contributed by atoms with E-state index in [1.807, 2.05) is 30.0 Å². The van der Waals surface area contributed by atoms with Crippen LogP contribution in [-0.4, -0.2) is 11.8 Å². The molecule has 2 atom stereocenters. The van der Waals surface area contributed by atoms with E-state index in [2.05, 4.69) is 28.1 Å². The summed E-state index contributed by atoms with van der Waals surface area (Å²) in [6.45, 7) is 0. The van der Waals surface area contributed by atoms with Gasteiger partial charge in [-0.1, -0.05) is 34.1 Å². The molecule has 2 unspecified atom stereocenters. The maximum Gasteiger partial charge on any atom is 0.126 e. The van der Waals surface area contributed by atoms with Crippen molar-refractivity contribution in [3.05, 3.63) is 63.9 Å². The number of thioether (sulfide) groups is 1. The summed E-state index contributed by atoms with van der Waals surface area (Å²) < 4.78 is 14.7. The highest BCUT2D eigenvalue weighted by molar-refractivity contribution is 9.10. The molecule has 0 saturated heterocycles. The van der Waals surface area contributed by atoms with E-state index in [1.165, 1.54) is 16.5 Å². The lowest BCUT2D eigenvalue weighted by molar-refractivity contribution is 0.543. The predicted octanol–water partition coefficient (Wildman–Crippen LogP) is 4.35. The Morgan fingerprint density at radius 1 is 1.30 bits per heavy atom. The van der Waals surface area contributed by atoms with Gasteiger partial charge in [-0.25, -0.2) is 4.39 Å². The minimum atomic E-state index is -0.178. The molecular formula is C16H15BrFNS. The van der Waals surface area contributed by atoms with Gasteiger partial charge in [-0.2, -0.15) is 0 Å². The molecule has 20 heavy (non-hydrogen) atoms. The molecule has 2 aromatic carbocycles. The lowest BCUT2D eigenvalue weighted by Crippen LogP contribution is -2.31. The van der Waals surface area contributed by atoms with Crippen LogP contribution in [0.2, 0.25) is 0 Å². The summed E-state index contributed by atoms with van der Waals surface area (Å²) in [5.74, 6) is 1.10. The van der Waals surface area contributed by atoms with Crippen LogP contribution in [0.25, 0.3) is 0 Å². The van der Waals surface area contributed by atoms with E-state index in [0.29, 0.717) is 17.9 Å². The summed E-state index contributed by atoms with van der Waals surface area (Å²) in [4.78, 5) is 1.31. The molecular weight excluding hydrogens is 337 g/mol. The van der Waals surface area contributed by atoms with Gasteiger partial charge in [-0.15, -0.1) is 11.8 Å². The van der Waals surface area contributed by atoms with E-state index in [9.17, 15) is 4.39 Å². The van der Waals surface area contributed by atoms with Gasteiger partial charge in [0.05, 0.1) is 0 Å². The Hall–Kier alpha value is -0.840. The average Bonchev–Trinajstić information content (AvgIpc) is 2.87. The molecule has 2 aromatic rings. The van der Waals surface area contributed by atoms with Crippen molar-refractivity contribution in [2.24, 2.45) is 5.73 Å². The molecule has 0 aliphatic carbocycles. The molecule has 0 fully saturated rings. The van der Waals surface area contributed by atoms with Crippen LogP contribution in [0.1, 0.15) is 17.0 Å². The van der Waals surface area contributed by atoms with Crippen LogP contribution < -0.4 is 5.73 Å². The first-order valence-electron chi connectivity index (χ1n) is 6.56. The molecule has 1 aliphatic rings. The molecule has 0 bridgehead atoms. The second-order valence-electron chi connectivity index (χ2n) is 5.06. The summed E-state index contributed by atoms with van der Waals surface area (Å²) in [5, 5.41) is 0. The largest absolute Gasteiger partial charge is 0.327 e. The number of benzene rings is 2. The number of hydrogen-bond acceptors (Lipinski definition) is 2. The molecule has 1 aliphatic heterocycles. The first-order valence-corrected chi connectivity index (χ1v) is 8.34. The van der Waals surface area contributed by atoms with Gasteiger partial charge >= 0.3 is 0 Å². The highest BCUT2D eigenvalue weighted by atomic mass is 79.9. The van der Waals surface area contributed by atoms with Crippen LogP contribution in [0.3, 0.4) is 0 Å². The molecule has 0 spiro atoms. The van der Waals surface area contributed by atoms with E-state index in [4.69, 9.17) is 5.73 Å². The fourth-order valence-electron chi connectivity index (χ4n) is 2.64. The van der Waals surface area contributed by atoms with Crippen molar-refractivity contribution < 1.29 is 4.39 Å². The zero-order chi connectivity index (χ0) is 14.1. The minimum absolute atomic E-state index is 0.0602. The van der Waals surface area contributed by atoms with Crippen LogP contribution in [-0.2, 0) is 6.42 Å². The van der Waals surface area contributed by atoms with Crippen molar-refractivity contribution in [3.63, 3.8) is 0 Å². The van der Waals surface area contributed by atoms with Crippen molar-refractivity contribution in [1.82, 2.24) is 0 Å². The number of halogens is 2. The van der Waals surface area contributed by atoms with E-state index in [0.717, 1.165) is 10.2 Å². The second-order valence-corrected chi connectivity index (χ2v) is 7.04. The van der Waals surface area contributed by atoms with Crippen LogP contribution in [0.15, 0.2) is 51.8 Å².